The molecule has 0 aliphatic heterocycles. The summed E-state index contributed by atoms with van der Waals surface area (Å²) in [5.74, 6) is 0.770. The molecular weight excluding hydrogens is 336 g/mol. The number of rotatable bonds is 10. The normalized spacial score (nSPS) is 10.8. The SMILES string of the molecule is CCCOCOCC(Oc1cc(N)ccc1N)Oc1cc(N)ccc1N. The quantitative estimate of drug-likeness (QED) is 0.286. The second-order valence-corrected chi connectivity index (χ2v) is 5.66. The van der Waals surface area contributed by atoms with E-state index >= 15 is 0 Å². The molecule has 0 saturated carbocycles. The molecule has 0 aliphatic carbocycles. The van der Waals surface area contributed by atoms with Crippen LogP contribution in [0.4, 0.5) is 22.7 Å². The van der Waals surface area contributed by atoms with E-state index in [1.54, 1.807) is 36.4 Å². The van der Waals surface area contributed by atoms with Crippen LogP contribution in [-0.2, 0) is 9.47 Å². The van der Waals surface area contributed by atoms with Crippen molar-refractivity contribution < 1.29 is 18.9 Å². The molecule has 8 nitrogen and oxygen atoms in total. The van der Waals surface area contributed by atoms with Gasteiger partial charge in [0.15, 0.2) is 0 Å². The Morgan fingerprint density at radius 2 is 1.35 bits per heavy atom. The molecule has 0 aromatic heterocycles. The number of nitrogens with two attached hydrogens (primary N) is 4. The molecule has 0 amide bonds. The standard InChI is InChI=1S/C18H26N4O4/c1-2-7-23-11-24-10-18(25-16-8-12(19)3-5-14(16)21)26-17-9-13(20)4-6-15(17)22/h3-6,8-9,18H,2,7,10-11,19-22H2,1H3. The fourth-order valence-corrected chi connectivity index (χ4v) is 2.09. The van der Waals surface area contributed by atoms with Crippen molar-refractivity contribution in [2.24, 2.45) is 0 Å². The van der Waals surface area contributed by atoms with E-state index in [-0.39, 0.29) is 13.4 Å². The van der Waals surface area contributed by atoms with E-state index in [1.165, 1.54) is 0 Å². The summed E-state index contributed by atoms with van der Waals surface area (Å²) in [6, 6.07) is 9.90. The fraction of sp³-hybridized carbons (Fsp3) is 0.333. The van der Waals surface area contributed by atoms with E-state index in [1.807, 2.05) is 6.92 Å². The van der Waals surface area contributed by atoms with Gasteiger partial charge in [0.2, 0.25) is 0 Å². The van der Waals surface area contributed by atoms with Crippen molar-refractivity contribution in [3.05, 3.63) is 36.4 Å². The fourth-order valence-electron chi connectivity index (χ4n) is 2.09. The van der Waals surface area contributed by atoms with Crippen molar-refractivity contribution in [3.63, 3.8) is 0 Å². The lowest BCUT2D eigenvalue weighted by molar-refractivity contribution is -0.115. The zero-order chi connectivity index (χ0) is 18.9. The van der Waals surface area contributed by atoms with Gasteiger partial charge in [-0.15, -0.1) is 0 Å². The van der Waals surface area contributed by atoms with Crippen molar-refractivity contribution in [2.75, 3.05) is 42.9 Å². The van der Waals surface area contributed by atoms with E-state index in [2.05, 4.69) is 0 Å². The van der Waals surface area contributed by atoms with Crippen LogP contribution in [0, 0.1) is 0 Å². The minimum atomic E-state index is -0.826. The Kier molecular flexibility index (Phi) is 7.19. The summed E-state index contributed by atoms with van der Waals surface area (Å²) in [5.41, 5.74) is 25.3. The molecule has 2 aromatic rings. The molecule has 0 saturated heterocycles. The van der Waals surface area contributed by atoms with E-state index in [0.29, 0.717) is 40.9 Å². The van der Waals surface area contributed by atoms with Gasteiger partial charge in [0, 0.05) is 30.1 Å². The highest BCUT2D eigenvalue weighted by molar-refractivity contribution is 5.60. The third-order valence-electron chi connectivity index (χ3n) is 3.36. The Bertz CT molecular complexity index is 658. The molecule has 0 bridgehead atoms. The molecule has 0 aliphatic rings. The van der Waals surface area contributed by atoms with Gasteiger partial charge >= 0.3 is 0 Å². The van der Waals surface area contributed by atoms with Gasteiger partial charge < -0.3 is 41.9 Å². The highest BCUT2D eigenvalue weighted by Gasteiger charge is 2.17. The number of anilines is 4. The van der Waals surface area contributed by atoms with Crippen LogP contribution in [0.25, 0.3) is 0 Å². The second kappa shape index (κ2) is 9.59. The summed E-state index contributed by atoms with van der Waals surface area (Å²) in [5, 5.41) is 0. The van der Waals surface area contributed by atoms with Gasteiger partial charge in [0.1, 0.15) is 24.9 Å². The highest BCUT2D eigenvalue weighted by Crippen LogP contribution is 2.28. The largest absolute Gasteiger partial charge is 0.450 e. The first-order chi connectivity index (χ1) is 12.5. The number of benzene rings is 2. The maximum absolute atomic E-state index is 5.93. The molecule has 0 fully saturated rings. The third kappa shape index (κ3) is 5.91. The van der Waals surface area contributed by atoms with Crippen LogP contribution in [0.2, 0.25) is 0 Å². The number of ether oxygens (including phenoxy) is 4. The van der Waals surface area contributed by atoms with Gasteiger partial charge in [-0.05, 0) is 30.7 Å². The summed E-state index contributed by atoms with van der Waals surface area (Å²) in [6.45, 7) is 2.83. The molecule has 0 radical (unpaired) electrons. The van der Waals surface area contributed by atoms with Crippen LogP contribution in [0.1, 0.15) is 13.3 Å². The summed E-state index contributed by atoms with van der Waals surface area (Å²) in [4.78, 5) is 0. The molecule has 8 heteroatoms. The molecule has 8 N–H and O–H groups in total. The molecule has 0 unspecified atom stereocenters. The summed E-state index contributed by atoms with van der Waals surface area (Å²) in [6.07, 6.45) is 0.0767. The van der Waals surface area contributed by atoms with Crippen molar-refractivity contribution in [1.82, 2.24) is 0 Å². The molecule has 2 rings (SSSR count). The van der Waals surface area contributed by atoms with Crippen LogP contribution < -0.4 is 32.4 Å². The number of hydrogen-bond donors (Lipinski definition) is 4. The highest BCUT2D eigenvalue weighted by atomic mass is 16.7. The summed E-state index contributed by atoms with van der Waals surface area (Å²) >= 11 is 0. The smallest absolute Gasteiger partial charge is 0.264 e. The van der Waals surface area contributed by atoms with Gasteiger partial charge in [-0.25, -0.2) is 0 Å². The molecular formula is C18H26N4O4. The lowest BCUT2D eigenvalue weighted by Crippen LogP contribution is -2.30. The molecule has 0 atom stereocenters. The van der Waals surface area contributed by atoms with Crippen LogP contribution in [0.15, 0.2) is 36.4 Å². The lowest BCUT2D eigenvalue weighted by atomic mass is 10.2. The molecule has 0 spiro atoms. The minimum Gasteiger partial charge on any atom is -0.450 e. The van der Waals surface area contributed by atoms with E-state index < -0.39 is 6.29 Å². The molecule has 2 aromatic carbocycles. The topological polar surface area (TPSA) is 141 Å². The Morgan fingerprint density at radius 1 is 0.808 bits per heavy atom. The van der Waals surface area contributed by atoms with E-state index in [9.17, 15) is 0 Å². The first-order valence-electron chi connectivity index (χ1n) is 8.28. The first-order valence-corrected chi connectivity index (χ1v) is 8.28. The Labute approximate surface area is 152 Å². The van der Waals surface area contributed by atoms with Gasteiger partial charge in [-0.1, -0.05) is 6.92 Å². The van der Waals surface area contributed by atoms with E-state index in [4.69, 9.17) is 41.9 Å². The third-order valence-corrected chi connectivity index (χ3v) is 3.36. The van der Waals surface area contributed by atoms with Crippen molar-refractivity contribution in [2.45, 2.75) is 19.6 Å². The van der Waals surface area contributed by atoms with Crippen LogP contribution in [0.5, 0.6) is 11.5 Å². The molecule has 0 heterocycles. The predicted octanol–water partition coefficient (Wildman–Crippen LogP) is 2.20. The van der Waals surface area contributed by atoms with Crippen LogP contribution in [0.3, 0.4) is 0 Å². The predicted molar refractivity (Wildman–Crippen MR) is 103 cm³/mol. The monoisotopic (exact) mass is 362 g/mol. The molecule has 26 heavy (non-hydrogen) atoms. The first kappa shape index (κ1) is 19.5. The molecule has 142 valence electrons. The van der Waals surface area contributed by atoms with Crippen molar-refractivity contribution in [3.8, 4) is 11.5 Å². The lowest BCUT2D eigenvalue weighted by Gasteiger charge is -2.22. The second-order valence-electron chi connectivity index (χ2n) is 5.66. The van der Waals surface area contributed by atoms with E-state index in [0.717, 1.165) is 6.42 Å². The van der Waals surface area contributed by atoms with Gasteiger partial charge in [0.25, 0.3) is 6.29 Å². The summed E-state index contributed by atoms with van der Waals surface area (Å²) < 4.78 is 22.4. The van der Waals surface area contributed by atoms with Crippen LogP contribution in [-0.4, -0.2) is 26.3 Å². The zero-order valence-corrected chi connectivity index (χ0v) is 14.8. The Hall–Kier alpha value is -2.84. The maximum atomic E-state index is 5.93. The van der Waals surface area contributed by atoms with Gasteiger partial charge in [0.05, 0.1) is 11.4 Å². The zero-order valence-electron chi connectivity index (χ0n) is 14.8. The Morgan fingerprint density at radius 3 is 1.85 bits per heavy atom. The summed E-state index contributed by atoms with van der Waals surface area (Å²) in [7, 11) is 0. The van der Waals surface area contributed by atoms with Crippen molar-refractivity contribution >= 4 is 22.7 Å². The Balaban J connectivity index is 2.10. The van der Waals surface area contributed by atoms with Gasteiger partial charge in [-0.2, -0.15) is 0 Å². The average molecular weight is 362 g/mol. The van der Waals surface area contributed by atoms with Crippen molar-refractivity contribution in [1.29, 1.82) is 0 Å². The average Bonchev–Trinajstić information content (AvgIpc) is 2.61. The number of nitrogen functional groups attached to an aromatic ring is 4. The number of hydrogen-bond acceptors (Lipinski definition) is 8. The maximum Gasteiger partial charge on any atom is 0.264 e. The van der Waals surface area contributed by atoms with Gasteiger partial charge in [-0.3, -0.25) is 0 Å². The minimum absolute atomic E-state index is 0.0895. The van der Waals surface area contributed by atoms with Crippen LogP contribution >= 0.6 is 0 Å².